The van der Waals surface area contributed by atoms with E-state index in [4.69, 9.17) is 26.2 Å². The lowest BCUT2D eigenvalue weighted by Gasteiger charge is -2.17. The van der Waals surface area contributed by atoms with Crippen molar-refractivity contribution in [2.24, 2.45) is 0 Å². The van der Waals surface area contributed by atoms with Crippen molar-refractivity contribution in [2.75, 3.05) is 18.4 Å². The molecule has 7 nitrogen and oxygen atoms in total. The second-order valence-corrected chi connectivity index (χ2v) is 7.55. The van der Waals surface area contributed by atoms with Crippen LogP contribution in [0.2, 0.25) is 5.02 Å². The summed E-state index contributed by atoms with van der Waals surface area (Å²) in [4.78, 5) is 10.7. The third-order valence-electron chi connectivity index (χ3n) is 3.31. The molecule has 0 aliphatic heterocycles. The van der Waals surface area contributed by atoms with Crippen LogP contribution in [0.4, 0.5) is 5.69 Å². The summed E-state index contributed by atoms with van der Waals surface area (Å²) in [6.45, 7) is 2.03. The molecule has 2 rings (SSSR count). The first-order valence-electron chi connectivity index (χ1n) is 7.54. The van der Waals surface area contributed by atoms with Gasteiger partial charge in [0.2, 0.25) is 0 Å². The number of hydrogen-bond donors (Lipinski definition) is 2. The minimum Gasteiger partial charge on any atom is -0.487 e. The molecule has 0 aliphatic carbocycles. The Morgan fingerprint density at radius 2 is 1.88 bits per heavy atom. The van der Waals surface area contributed by atoms with E-state index in [1.165, 1.54) is 49.6 Å². The average Bonchev–Trinajstić information content (AvgIpc) is 2.56. The molecule has 0 radical (unpaired) electrons. The van der Waals surface area contributed by atoms with E-state index in [9.17, 15) is 13.2 Å². The quantitative estimate of drug-likeness (QED) is 0.706. The lowest BCUT2D eigenvalue weighted by atomic mass is 10.2. The van der Waals surface area contributed by atoms with Gasteiger partial charge in [-0.15, -0.1) is 0 Å². The maximum absolute atomic E-state index is 12.7. The number of hydrogen-bond acceptors (Lipinski definition) is 5. The molecule has 2 aromatic rings. The van der Waals surface area contributed by atoms with E-state index in [-0.39, 0.29) is 39.6 Å². The fourth-order valence-corrected chi connectivity index (χ4v) is 3.62. The first-order valence-corrected chi connectivity index (χ1v) is 9.40. The normalized spacial score (nSPS) is 12.4. The highest BCUT2D eigenvalue weighted by molar-refractivity contribution is 7.92. The highest BCUT2D eigenvalue weighted by atomic mass is 35.5. The van der Waals surface area contributed by atoms with E-state index >= 15 is 0 Å². The average molecular weight is 400 g/mol. The summed E-state index contributed by atoms with van der Waals surface area (Å²) in [7, 11) is -2.49. The van der Waals surface area contributed by atoms with E-state index in [0.717, 1.165) is 0 Å². The van der Waals surface area contributed by atoms with Crippen LogP contribution in [0, 0.1) is 0 Å². The second-order valence-electron chi connectivity index (χ2n) is 5.46. The standard InChI is InChI=1S/C17H18ClNO6S/c1-11(10-24-2)25-15-8-5-13(18)9-16(15)26(22,23)19-14-6-3-12(4-7-14)17(20)21/h3-9,11,19H,10H2,1-2H3,(H,20,21)/t11-/m1/s1. The van der Waals surface area contributed by atoms with Gasteiger partial charge in [0.15, 0.2) is 0 Å². The van der Waals surface area contributed by atoms with Crippen LogP contribution < -0.4 is 9.46 Å². The summed E-state index contributed by atoms with van der Waals surface area (Å²) >= 11 is 5.94. The van der Waals surface area contributed by atoms with Gasteiger partial charge in [0.05, 0.1) is 12.2 Å². The third-order valence-corrected chi connectivity index (χ3v) is 4.95. The highest BCUT2D eigenvalue weighted by Gasteiger charge is 2.22. The number of benzene rings is 2. The van der Waals surface area contributed by atoms with Gasteiger partial charge in [-0.1, -0.05) is 11.6 Å². The van der Waals surface area contributed by atoms with Crippen molar-refractivity contribution < 1.29 is 27.8 Å². The number of ether oxygens (including phenoxy) is 2. The summed E-state index contributed by atoms with van der Waals surface area (Å²) in [6.07, 6.45) is -0.370. The molecule has 9 heteroatoms. The van der Waals surface area contributed by atoms with Gasteiger partial charge in [-0.25, -0.2) is 13.2 Å². The van der Waals surface area contributed by atoms with Crippen molar-refractivity contribution in [2.45, 2.75) is 17.9 Å². The Bertz CT molecular complexity index is 883. The molecule has 0 heterocycles. The number of anilines is 1. The Morgan fingerprint density at radius 1 is 1.23 bits per heavy atom. The number of sulfonamides is 1. The van der Waals surface area contributed by atoms with Gasteiger partial charge < -0.3 is 14.6 Å². The number of carboxylic acid groups (broad SMARTS) is 1. The lowest BCUT2D eigenvalue weighted by molar-refractivity contribution is 0.0697. The molecule has 2 aromatic carbocycles. The van der Waals surface area contributed by atoms with E-state index in [2.05, 4.69) is 4.72 Å². The van der Waals surface area contributed by atoms with Crippen LogP contribution in [-0.4, -0.2) is 39.3 Å². The summed E-state index contributed by atoms with van der Waals surface area (Å²) in [5.41, 5.74) is 0.263. The van der Waals surface area contributed by atoms with Crippen molar-refractivity contribution in [1.82, 2.24) is 0 Å². The molecule has 2 N–H and O–H groups in total. The van der Waals surface area contributed by atoms with E-state index in [1.807, 2.05) is 0 Å². The predicted molar refractivity (Wildman–Crippen MR) is 97.6 cm³/mol. The smallest absolute Gasteiger partial charge is 0.335 e. The van der Waals surface area contributed by atoms with Gasteiger partial charge >= 0.3 is 5.97 Å². The van der Waals surface area contributed by atoms with Crippen molar-refractivity contribution in [3.8, 4) is 5.75 Å². The van der Waals surface area contributed by atoms with E-state index in [0.29, 0.717) is 0 Å². The highest BCUT2D eigenvalue weighted by Crippen LogP contribution is 2.30. The Labute approximate surface area is 156 Å². The Hall–Kier alpha value is -2.29. The van der Waals surface area contributed by atoms with Crippen molar-refractivity contribution in [3.63, 3.8) is 0 Å². The SMILES string of the molecule is COC[C@@H](C)Oc1ccc(Cl)cc1S(=O)(=O)Nc1ccc(C(=O)O)cc1. The number of carbonyl (C=O) groups is 1. The molecular formula is C17H18ClNO6S. The minimum absolute atomic E-state index is 0.0492. The molecule has 0 aromatic heterocycles. The van der Waals surface area contributed by atoms with Crippen LogP contribution in [0.25, 0.3) is 0 Å². The van der Waals surface area contributed by atoms with E-state index < -0.39 is 16.0 Å². The van der Waals surface area contributed by atoms with Gasteiger partial charge in [-0.3, -0.25) is 4.72 Å². The van der Waals surface area contributed by atoms with Gasteiger partial charge in [0.25, 0.3) is 10.0 Å². The number of carboxylic acids is 1. The van der Waals surface area contributed by atoms with Crippen LogP contribution in [-0.2, 0) is 14.8 Å². The summed E-state index contributed by atoms with van der Waals surface area (Å²) < 4.78 is 38.5. The topological polar surface area (TPSA) is 102 Å². The molecule has 140 valence electrons. The van der Waals surface area contributed by atoms with Crippen LogP contribution in [0.3, 0.4) is 0 Å². The van der Waals surface area contributed by atoms with Gasteiger partial charge in [0.1, 0.15) is 16.7 Å². The summed E-state index contributed by atoms with van der Waals surface area (Å²) in [5.74, 6) is -0.967. The lowest BCUT2D eigenvalue weighted by Crippen LogP contribution is -2.21. The zero-order valence-electron chi connectivity index (χ0n) is 14.1. The van der Waals surface area contributed by atoms with Gasteiger partial charge in [-0.05, 0) is 49.4 Å². The number of rotatable bonds is 8. The zero-order chi connectivity index (χ0) is 19.3. The maximum atomic E-state index is 12.7. The van der Waals surface area contributed by atoms with Crippen LogP contribution in [0.1, 0.15) is 17.3 Å². The van der Waals surface area contributed by atoms with Crippen LogP contribution in [0.15, 0.2) is 47.4 Å². The van der Waals surface area contributed by atoms with Crippen molar-refractivity contribution >= 4 is 33.3 Å². The van der Waals surface area contributed by atoms with Gasteiger partial charge in [-0.2, -0.15) is 0 Å². The molecule has 0 amide bonds. The van der Waals surface area contributed by atoms with Crippen LogP contribution in [0.5, 0.6) is 5.75 Å². The molecule has 0 bridgehead atoms. The monoisotopic (exact) mass is 399 g/mol. The maximum Gasteiger partial charge on any atom is 0.335 e. The molecule has 0 saturated heterocycles. The molecule has 0 saturated carbocycles. The zero-order valence-corrected chi connectivity index (χ0v) is 15.7. The summed E-state index contributed by atoms with van der Waals surface area (Å²) in [6, 6.07) is 9.60. The third kappa shape index (κ3) is 5.10. The number of aromatic carboxylic acids is 1. The minimum atomic E-state index is -4.01. The second kappa shape index (κ2) is 8.39. The number of nitrogens with one attached hydrogen (secondary N) is 1. The molecule has 0 aliphatic rings. The molecule has 0 spiro atoms. The van der Waals surface area contributed by atoms with Crippen LogP contribution >= 0.6 is 11.6 Å². The molecule has 26 heavy (non-hydrogen) atoms. The number of methoxy groups -OCH3 is 1. The number of halogens is 1. The molecule has 0 fully saturated rings. The van der Waals surface area contributed by atoms with E-state index in [1.54, 1.807) is 6.92 Å². The largest absolute Gasteiger partial charge is 0.487 e. The van der Waals surface area contributed by atoms with Gasteiger partial charge in [0, 0.05) is 17.8 Å². The first-order chi connectivity index (χ1) is 12.2. The fraction of sp³-hybridized carbons (Fsp3) is 0.235. The Balaban J connectivity index is 2.32. The van der Waals surface area contributed by atoms with Crippen molar-refractivity contribution in [3.05, 3.63) is 53.1 Å². The molecule has 1 atom stereocenters. The predicted octanol–water partition coefficient (Wildman–Crippen LogP) is 3.25. The Morgan fingerprint density at radius 3 is 2.46 bits per heavy atom. The van der Waals surface area contributed by atoms with Crippen molar-refractivity contribution in [1.29, 1.82) is 0 Å². The molecular weight excluding hydrogens is 382 g/mol. The first kappa shape index (κ1) is 20.0. The summed E-state index contributed by atoms with van der Waals surface area (Å²) in [5, 5.41) is 9.14. The fourth-order valence-electron chi connectivity index (χ4n) is 2.17. The Kier molecular flexibility index (Phi) is 6.47. The molecule has 0 unspecified atom stereocenters.